The van der Waals surface area contributed by atoms with Gasteiger partial charge in [-0.2, -0.15) is 0 Å². The van der Waals surface area contributed by atoms with Crippen molar-refractivity contribution in [3.05, 3.63) is 33.9 Å². The van der Waals surface area contributed by atoms with Gasteiger partial charge >= 0.3 is 0 Å². The van der Waals surface area contributed by atoms with E-state index in [-0.39, 0.29) is 35.2 Å². The van der Waals surface area contributed by atoms with Crippen LogP contribution in [-0.2, 0) is 19.4 Å². The molecule has 1 saturated heterocycles. The molecule has 9 nitrogen and oxygen atoms in total. The highest BCUT2D eigenvalue weighted by atomic mass is 32.2. The molecular formula is C17H18N2O7S. The number of nitro groups is 1. The summed E-state index contributed by atoms with van der Waals surface area (Å²) in [7, 11) is -3.71. The molecule has 1 aromatic rings. The largest absolute Gasteiger partial charge is 0.325 e. The monoisotopic (exact) mass is 394 g/mol. The van der Waals surface area contributed by atoms with Crippen molar-refractivity contribution in [2.75, 3.05) is 12.8 Å². The molecule has 1 aromatic carbocycles. The molecule has 1 saturated carbocycles. The zero-order valence-corrected chi connectivity index (χ0v) is 15.4. The molecule has 0 aromatic heterocycles. The second kappa shape index (κ2) is 6.84. The molecular weight excluding hydrogens is 376 g/mol. The number of benzene rings is 1. The summed E-state index contributed by atoms with van der Waals surface area (Å²) in [6.07, 6.45) is 2.88. The molecule has 1 heterocycles. The van der Waals surface area contributed by atoms with Crippen LogP contribution >= 0.6 is 0 Å². The van der Waals surface area contributed by atoms with Crippen molar-refractivity contribution in [2.24, 2.45) is 5.92 Å². The van der Waals surface area contributed by atoms with Crippen LogP contribution in [0.4, 0.5) is 5.69 Å². The lowest BCUT2D eigenvalue weighted by atomic mass is 9.95. The molecule has 10 heteroatoms. The van der Waals surface area contributed by atoms with Crippen LogP contribution in [0, 0.1) is 16.0 Å². The Morgan fingerprint density at radius 1 is 1.30 bits per heavy atom. The molecule has 1 atom stereocenters. The van der Waals surface area contributed by atoms with Crippen molar-refractivity contribution in [1.82, 2.24) is 4.90 Å². The van der Waals surface area contributed by atoms with Crippen LogP contribution in [0.25, 0.3) is 0 Å². The van der Waals surface area contributed by atoms with E-state index in [9.17, 15) is 32.9 Å². The van der Waals surface area contributed by atoms with Crippen LogP contribution in [0.3, 0.4) is 0 Å². The maximum Gasteiger partial charge on any atom is 0.281 e. The van der Waals surface area contributed by atoms with Gasteiger partial charge in [0.05, 0.1) is 15.4 Å². The Morgan fingerprint density at radius 3 is 2.44 bits per heavy atom. The van der Waals surface area contributed by atoms with E-state index in [4.69, 9.17) is 0 Å². The summed E-state index contributed by atoms with van der Waals surface area (Å²) >= 11 is 0. The SMILES string of the molecule is CS(=O)(=O)c1ccc(C(=O)C(C(=O)C2CC2)N2CCCC2=O)c([N+](=O)[O-])c1. The van der Waals surface area contributed by atoms with Gasteiger partial charge in [-0.25, -0.2) is 8.42 Å². The number of amides is 1. The van der Waals surface area contributed by atoms with Crippen molar-refractivity contribution in [3.63, 3.8) is 0 Å². The zero-order chi connectivity index (χ0) is 19.9. The molecule has 1 aliphatic carbocycles. The van der Waals surface area contributed by atoms with Gasteiger partial charge in [0, 0.05) is 31.2 Å². The van der Waals surface area contributed by atoms with Gasteiger partial charge in [-0.15, -0.1) is 0 Å². The summed E-state index contributed by atoms with van der Waals surface area (Å²) in [5.74, 6) is -1.90. The van der Waals surface area contributed by atoms with Crippen LogP contribution in [0.15, 0.2) is 23.1 Å². The Labute approximate surface area is 155 Å². The fourth-order valence-corrected chi connectivity index (χ4v) is 3.85. The molecule has 1 amide bonds. The first-order valence-electron chi connectivity index (χ1n) is 8.47. The molecule has 27 heavy (non-hydrogen) atoms. The van der Waals surface area contributed by atoms with Gasteiger partial charge in [0.15, 0.2) is 27.4 Å². The van der Waals surface area contributed by atoms with Crippen molar-refractivity contribution in [3.8, 4) is 0 Å². The van der Waals surface area contributed by atoms with E-state index in [1.54, 1.807) is 0 Å². The van der Waals surface area contributed by atoms with E-state index in [1.807, 2.05) is 0 Å². The minimum atomic E-state index is -3.71. The van der Waals surface area contributed by atoms with Gasteiger partial charge in [0.25, 0.3) is 5.69 Å². The molecule has 1 unspecified atom stereocenters. The summed E-state index contributed by atoms with van der Waals surface area (Å²) in [5, 5.41) is 11.4. The molecule has 3 rings (SSSR count). The van der Waals surface area contributed by atoms with Crippen molar-refractivity contribution in [2.45, 2.75) is 36.6 Å². The lowest BCUT2D eigenvalue weighted by Crippen LogP contribution is -2.48. The average molecular weight is 394 g/mol. The third-order valence-electron chi connectivity index (χ3n) is 4.78. The second-order valence-electron chi connectivity index (χ2n) is 6.84. The summed E-state index contributed by atoms with van der Waals surface area (Å²) in [6, 6.07) is 1.56. The predicted octanol–water partition coefficient (Wildman–Crippen LogP) is 1.15. The van der Waals surface area contributed by atoms with E-state index in [1.165, 1.54) is 4.90 Å². The van der Waals surface area contributed by atoms with Crippen LogP contribution in [0.1, 0.15) is 36.0 Å². The zero-order valence-electron chi connectivity index (χ0n) is 14.6. The van der Waals surface area contributed by atoms with Crippen molar-refractivity contribution in [1.29, 1.82) is 0 Å². The fraction of sp³-hybridized carbons (Fsp3) is 0.471. The second-order valence-corrected chi connectivity index (χ2v) is 8.86. The highest BCUT2D eigenvalue weighted by Gasteiger charge is 2.45. The molecule has 0 spiro atoms. The van der Waals surface area contributed by atoms with Gasteiger partial charge in [-0.05, 0) is 31.4 Å². The first kappa shape index (κ1) is 19.2. The number of ketones is 2. The Morgan fingerprint density at radius 2 is 1.96 bits per heavy atom. The maximum absolute atomic E-state index is 13.1. The van der Waals surface area contributed by atoms with E-state index < -0.39 is 38.1 Å². The number of Topliss-reactive ketones (excluding diaryl/α,β-unsaturated/α-hetero) is 2. The first-order valence-corrected chi connectivity index (χ1v) is 10.4. The molecule has 0 radical (unpaired) electrons. The van der Waals surface area contributed by atoms with Crippen LogP contribution < -0.4 is 0 Å². The summed E-state index contributed by atoms with van der Waals surface area (Å²) < 4.78 is 23.3. The van der Waals surface area contributed by atoms with E-state index >= 15 is 0 Å². The molecule has 0 bridgehead atoms. The highest BCUT2D eigenvalue weighted by molar-refractivity contribution is 7.90. The normalized spacial score (nSPS) is 18.4. The molecule has 2 fully saturated rings. The van der Waals surface area contributed by atoms with Crippen LogP contribution in [0.5, 0.6) is 0 Å². The number of nitrogens with zero attached hydrogens (tertiary/aromatic N) is 2. The topological polar surface area (TPSA) is 132 Å². The van der Waals surface area contributed by atoms with Gasteiger partial charge < -0.3 is 4.90 Å². The Kier molecular flexibility index (Phi) is 4.85. The number of likely N-dealkylation sites (tertiary alicyclic amines) is 1. The van der Waals surface area contributed by atoms with Gasteiger partial charge in [0.2, 0.25) is 5.91 Å². The van der Waals surface area contributed by atoms with E-state index in [0.29, 0.717) is 19.3 Å². The molecule has 144 valence electrons. The Hall–Kier alpha value is -2.62. The predicted molar refractivity (Wildman–Crippen MR) is 93.0 cm³/mol. The fourth-order valence-electron chi connectivity index (χ4n) is 3.21. The standard InChI is InChI=1S/C17H18N2O7S/c1-27(25,26)11-6-7-12(13(9-11)19(23)24)17(22)15(16(21)10-4-5-10)18-8-2-3-14(18)20/h6-7,9-10,15H,2-5,8H2,1H3. The number of hydrogen-bond donors (Lipinski definition) is 0. The molecule has 0 N–H and O–H groups in total. The van der Waals surface area contributed by atoms with Crippen molar-refractivity contribution >= 4 is 33.0 Å². The van der Waals surface area contributed by atoms with E-state index in [0.717, 1.165) is 24.5 Å². The lowest BCUT2D eigenvalue weighted by Gasteiger charge is -2.25. The van der Waals surface area contributed by atoms with Gasteiger partial charge in [-0.1, -0.05) is 0 Å². The van der Waals surface area contributed by atoms with Crippen molar-refractivity contribution < 1.29 is 27.7 Å². The molecule has 2 aliphatic rings. The average Bonchev–Trinajstić information content (AvgIpc) is 3.37. The number of carbonyl (C=O) groups is 3. The van der Waals surface area contributed by atoms with E-state index in [2.05, 4.69) is 0 Å². The first-order chi connectivity index (χ1) is 12.6. The van der Waals surface area contributed by atoms with Gasteiger partial charge in [-0.3, -0.25) is 24.5 Å². The lowest BCUT2D eigenvalue weighted by molar-refractivity contribution is -0.385. The number of nitro benzene ring substituents is 1. The van der Waals surface area contributed by atoms with Crippen LogP contribution in [0.2, 0.25) is 0 Å². The minimum Gasteiger partial charge on any atom is -0.325 e. The Bertz CT molecular complexity index is 950. The summed E-state index contributed by atoms with van der Waals surface area (Å²) in [4.78, 5) is 49.3. The Balaban J connectivity index is 2.06. The number of sulfone groups is 1. The summed E-state index contributed by atoms with van der Waals surface area (Å²) in [5.41, 5.74) is -1.06. The third kappa shape index (κ3) is 3.75. The molecule has 1 aliphatic heterocycles. The number of carbonyl (C=O) groups excluding carboxylic acids is 3. The third-order valence-corrected chi connectivity index (χ3v) is 5.89. The quantitative estimate of drug-likeness (QED) is 0.293. The highest BCUT2D eigenvalue weighted by Crippen LogP contribution is 2.35. The smallest absolute Gasteiger partial charge is 0.281 e. The van der Waals surface area contributed by atoms with Crippen LogP contribution in [-0.4, -0.2) is 54.6 Å². The summed E-state index contributed by atoms with van der Waals surface area (Å²) in [6.45, 7) is 0.239. The maximum atomic E-state index is 13.1. The minimum absolute atomic E-state index is 0.219. The number of rotatable bonds is 7. The number of hydrogen-bond acceptors (Lipinski definition) is 7. The van der Waals surface area contributed by atoms with Gasteiger partial charge in [0.1, 0.15) is 0 Å².